The summed E-state index contributed by atoms with van der Waals surface area (Å²) >= 11 is 0. The second-order valence-corrected chi connectivity index (χ2v) is 7.35. The number of nitrogens with zero attached hydrogens (tertiary/aromatic N) is 2. The minimum atomic E-state index is -0.900. The van der Waals surface area contributed by atoms with Crippen LogP contribution in [0.25, 0.3) is 0 Å². The molecule has 26 heavy (non-hydrogen) atoms. The number of hydrogen-bond acceptors (Lipinski definition) is 3. The van der Waals surface area contributed by atoms with Gasteiger partial charge in [0.15, 0.2) is 11.5 Å². The number of hydrogen-bond donors (Lipinski definition) is 1. The Bertz CT molecular complexity index is 814. The number of aryl methyl sites for hydroxylation is 1. The lowest BCUT2D eigenvalue weighted by atomic mass is 9.76. The molecule has 2 aliphatic heterocycles. The molecule has 2 aliphatic rings. The third kappa shape index (κ3) is 3.09. The first kappa shape index (κ1) is 17.1. The number of fused-ring (bicyclic) bond motifs is 1. The molecule has 0 bridgehead atoms. The molecule has 2 unspecified atom stereocenters. The van der Waals surface area contributed by atoms with E-state index >= 15 is 0 Å². The average Bonchev–Trinajstić information content (AvgIpc) is 3.18. The Kier molecular flexibility index (Phi) is 4.44. The van der Waals surface area contributed by atoms with Crippen molar-refractivity contribution in [1.29, 1.82) is 0 Å². The highest BCUT2D eigenvalue weighted by Gasteiger charge is 2.50. The number of carbonyl (C=O) groups is 1. The molecular formula is C20H21F2N3O. The van der Waals surface area contributed by atoms with Gasteiger partial charge < -0.3 is 10.2 Å². The van der Waals surface area contributed by atoms with Gasteiger partial charge in [0.1, 0.15) is 5.82 Å². The van der Waals surface area contributed by atoms with Gasteiger partial charge in [-0.15, -0.1) is 0 Å². The highest BCUT2D eigenvalue weighted by molar-refractivity contribution is 5.92. The van der Waals surface area contributed by atoms with E-state index in [1.807, 2.05) is 18.2 Å². The normalized spacial score (nSPS) is 24.7. The zero-order chi connectivity index (χ0) is 18.1. The van der Waals surface area contributed by atoms with E-state index in [0.717, 1.165) is 32.1 Å². The van der Waals surface area contributed by atoms with Gasteiger partial charge in [-0.2, -0.15) is 0 Å². The highest BCUT2D eigenvalue weighted by atomic mass is 19.1. The molecule has 3 heterocycles. The molecule has 1 aromatic carbocycles. The fraction of sp³-hybridized carbons (Fsp3) is 0.400. The smallest absolute Gasteiger partial charge is 0.275 e. The van der Waals surface area contributed by atoms with E-state index in [9.17, 15) is 13.6 Å². The molecule has 0 radical (unpaired) electrons. The fourth-order valence-electron chi connectivity index (χ4n) is 4.30. The Balaban J connectivity index is 1.50. The molecule has 0 saturated carbocycles. The Labute approximate surface area is 151 Å². The first-order valence-corrected chi connectivity index (χ1v) is 8.92. The summed E-state index contributed by atoms with van der Waals surface area (Å²) in [7, 11) is 0. The first-order chi connectivity index (χ1) is 12.6. The van der Waals surface area contributed by atoms with Crippen molar-refractivity contribution in [3.8, 4) is 0 Å². The SMILES string of the molecule is O=C(c1ncc(F)cc1F)N1CC2CNCC2(CCc2ccccc2)C1. The van der Waals surface area contributed by atoms with Crippen LogP contribution in [-0.2, 0) is 6.42 Å². The molecule has 4 nitrogen and oxygen atoms in total. The molecule has 136 valence electrons. The lowest BCUT2D eigenvalue weighted by Crippen LogP contribution is -2.36. The van der Waals surface area contributed by atoms with Gasteiger partial charge >= 0.3 is 0 Å². The predicted octanol–water partition coefficient (Wildman–Crippen LogP) is 2.65. The fourth-order valence-corrected chi connectivity index (χ4v) is 4.30. The van der Waals surface area contributed by atoms with Crippen LogP contribution in [0, 0.1) is 23.0 Å². The topological polar surface area (TPSA) is 45.2 Å². The van der Waals surface area contributed by atoms with Crippen LogP contribution in [0.15, 0.2) is 42.6 Å². The number of amides is 1. The number of nitrogens with one attached hydrogen (secondary N) is 1. The van der Waals surface area contributed by atoms with Gasteiger partial charge in [0.2, 0.25) is 0 Å². The number of carbonyl (C=O) groups excluding carboxylic acids is 1. The van der Waals surface area contributed by atoms with Gasteiger partial charge in [0.25, 0.3) is 5.91 Å². The Hall–Kier alpha value is -2.34. The van der Waals surface area contributed by atoms with E-state index in [1.165, 1.54) is 5.56 Å². The minimum absolute atomic E-state index is 0.00199. The molecule has 4 rings (SSSR count). The summed E-state index contributed by atoms with van der Waals surface area (Å²) in [4.78, 5) is 18.1. The third-order valence-corrected chi connectivity index (χ3v) is 5.73. The lowest BCUT2D eigenvalue weighted by Gasteiger charge is -2.28. The van der Waals surface area contributed by atoms with E-state index in [-0.39, 0.29) is 11.1 Å². The molecule has 2 aromatic rings. The molecule has 1 N–H and O–H groups in total. The van der Waals surface area contributed by atoms with E-state index in [4.69, 9.17) is 0 Å². The van der Waals surface area contributed by atoms with Crippen molar-refractivity contribution < 1.29 is 13.6 Å². The lowest BCUT2D eigenvalue weighted by molar-refractivity contribution is 0.0758. The second-order valence-electron chi connectivity index (χ2n) is 7.35. The Morgan fingerprint density at radius 1 is 1.31 bits per heavy atom. The van der Waals surface area contributed by atoms with Gasteiger partial charge in [-0.1, -0.05) is 30.3 Å². The van der Waals surface area contributed by atoms with Crippen molar-refractivity contribution in [2.75, 3.05) is 26.2 Å². The van der Waals surface area contributed by atoms with Crippen LogP contribution in [0.3, 0.4) is 0 Å². The predicted molar refractivity (Wildman–Crippen MR) is 93.6 cm³/mol. The number of pyridine rings is 1. The summed E-state index contributed by atoms with van der Waals surface area (Å²) in [6, 6.07) is 11.0. The number of likely N-dealkylation sites (tertiary alicyclic amines) is 1. The first-order valence-electron chi connectivity index (χ1n) is 8.92. The monoisotopic (exact) mass is 357 g/mol. The number of benzene rings is 1. The molecule has 1 aromatic heterocycles. The maximum absolute atomic E-state index is 13.9. The quantitative estimate of drug-likeness (QED) is 0.915. The second kappa shape index (κ2) is 6.76. The molecule has 2 saturated heterocycles. The summed E-state index contributed by atoms with van der Waals surface area (Å²) in [5.41, 5.74) is 0.989. The van der Waals surface area contributed by atoms with Crippen LogP contribution in [0.4, 0.5) is 8.78 Å². The molecule has 0 spiro atoms. The summed E-state index contributed by atoms with van der Waals surface area (Å²) < 4.78 is 27.0. The van der Waals surface area contributed by atoms with Gasteiger partial charge in [0, 0.05) is 37.7 Å². The van der Waals surface area contributed by atoms with Gasteiger partial charge in [-0.05, 0) is 24.3 Å². The molecule has 6 heteroatoms. The molecule has 2 fully saturated rings. The Morgan fingerprint density at radius 3 is 2.88 bits per heavy atom. The van der Waals surface area contributed by atoms with Crippen LogP contribution in [0.5, 0.6) is 0 Å². The summed E-state index contributed by atoms with van der Waals surface area (Å²) in [5.74, 6) is -1.78. The van der Waals surface area contributed by atoms with E-state index in [1.54, 1.807) is 4.90 Å². The van der Waals surface area contributed by atoms with E-state index < -0.39 is 17.5 Å². The zero-order valence-electron chi connectivity index (χ0n) is 14.4. The maximum atomic E-state index is 13.9. The highest BCUT2D eigenvalue weighted by Crippen LogP contribution is 2.43. The van der Waals surface area contributed by atoms with E-state index in [2.05, 4.69) is 22.4 Å². The van der Waals surface area contributed by atoms with E-state index in [0.29, 0.717) is 25.1 Å². The molecule has 2 atom stereocenters. The summed E-state index contributed by atoms with van der Waals surface area (Å²) in [5, 5.41) is 3.44. The molecular weight excluding hydrogens is 336 g/mol. The van der Waals surface area contributed by atoms with Crippen molar-refractivity contribution in [2.45, 2.75) is 12.8 Å². The van der Waals surface area contributed by atoms with Crippen molar-refractivity contribution in [2.24, 2.45) is 11.3 Å². The Morgan fingerprint density at radius 2 is 2.12 bits per heavy atom. The number of rotatable bonds is 4. The van der Waals surface area contributed by atoms with Gasteiger partial charge in [-0.3, -0.25) is 4.79 Å². The van der Waals surface area contributed by atoms with Gasteiger partial charge in [0.05, 0.1) is 6.20 Å². The largest absolute Gasteiger partial charge is 0.336 e. The van der Waals surface area contributed by atoms with Gasteiger partial charge in [-0.25, -0.2) is 13.8 Å². The third-order valence-electron chi connectivity index (χ3n) is 5.73. The average molecular weight is 357 g/mol. The van der Waals surface area contributed by atoms with Crippen molar-refractivity contribution in [3.63, 3.8) is 0 Å². The van der Waals surface area contributed by atoms with Crippen LogP contribution in [-0.4, -0.2) is 42.0 Å². The molecule has 0 aliphatic carbocycles. The standard InChI is InChI=1S/C20H21F2N3O/c21-16-8-17(22)18(24-10-16)19(26)25-11-15-9-23-12-20(15,13-25)7-6-14-4-2-1-3-5-14/h1-5,8,10,15,23H,6-7,9,11-13H2. The van der Waals surface area contributed by atoms with Crippen molar-refractivity contribution in [3.05, 3.63) is 65.5 Å². The zero-order valence-corrected chi connectivity index (χ0v) is 14.4. The maximum Gasteiger partial charge on any atom is 0.275 e. The van der Waals surface area contributed by atoms with Crippen LogP contribution in [0.1, 0.15) is 22.5 Å². The summed E-state index contributed by atoms with van der Waals surface area (Å²) in [6.07, 6.45) is 2.81. The van der Waals surface area contributed by atoms with Crippen molar-refractivity contribution in [1.82, 2.24) is 15.2 Å². The van der Waals surface area contributed by atoms with Crippen LogP contribution >= 0.6 is 0 Å². The molecule has 1 amide bonds. The number of aromatic nitrogens is 1. The van der Waals surface area contributed by atoms with Crippen molar-refractivity contribution >= 4 is 5.91 Å². The van der Waals surface area contributed by atoms with Crippen LogP contribution < -0.4 is 5.32 Å². The van der Waals surface area contributed by atoms with Crippen LogP contribution in [0.2, 0.25) is 0 Å². The number of halogens is 2. The minimum Gasteiger partial charge on any atom is -0.336 e. The summed E-state index contributed by atoms with van der Waals surface area (Å²) in [6.45, 7) is 2.87.